The van der Waals surface area contributed by atoms with Gasteiger partial charge in [0.15, 0.2) is 0 Å². The van der Waals surface area contributed by atoms with Crippen LogP contribution < -0.4 is 21.7 Å². The molecule has 3 rings (SSSR count). The molecule has 1 saturated heterocycles. The van der Waals surface area contributed by atoms with E-state index in [0.29, 0.717) is 6.42 Å². The highest BCUT2D eigenvalue weighted by atomic mass is 35.5. The average molecular weight is 547 g/mol. The first-order valence-electron chi connectivity index (χ1n) is 11.8. The van der Waals surface area contributed by atoms with Crippen LogP contribution in [0.3, 0.4) is 0 Å². The number of amides is 1. The summed E-state index contributed by atoms with van der Waals surface area (Å²) in [6.07, 6.45) is 2.15. The lowest BCUT2D eigenvalue weighted by molar-refractivity contribution is -0.123. The van der Waals surface area contributed by atoms with Crippen molar-refractivity contribution in [1.82, 2.24) is 16.0 Å². The van der Waals surface area contributed by atoms with Crippen molar-refractivity contribution in [1.29, 1.82) is 0 Å². The van der Waals surface area contributed by atoms with Crippen molar-refractivity contribution in [3.8, 4) is 0 Å². The number of nitrogens with one attached hydrogen (secondary N) is 3. The fourth-order valence-electron chi connectivity index (χ4n) is 5.07. The molecule has 0 spiro atoms. The lowest BCUT2D eigenvalue weighted by Gasteiger charge is -2.45. The molecule has 0 aromatic heterocycles. The largest absolute Gasteiger partial charge is 0.394 e. The Balaban J connectivity index is 2.11. The van der Waals surface area contributed by atoms with Crippen molar-refractivity contribution < 1.29 is 23.8 Å². The lowest BCUT2D eigenvalue weighted by Crippen LogP contribution is -2.66. The minimum absolute atomic E-state index is 0.0687. The smallest absolute Gasteiger partial charge is 0.237 e. The summed E-state index contributed by atoms with van der Waals surface area (Å²) >= 11 is 12.1. The summed E-state index contributed by atoms with van der Waals surface area (Å²) in [5, 5.41) is 27.6. The number of benzene rings is 1. The van der Waals surface area contributed by atoms with Crippen molar-refractivity contribution in [3.05, 3.63) is 57.7 Å². The maximum atomic E-state index is 15.5. The molecule has 36 heavy (non-hydrogen) atoms. The van der Waals surface area contributed by atoms with Crippen LogP contribution in [0, 0.1) is 11.2 Å². The van der Waals surface area contributed by atoms with Crippen molar-refractivity contribution in [3.63, 3.8) is 0 Å². The molecular weight excluding hydrogens is 513 g/mol. The lowest BCUT2D eigenvalue weighted by atomic mass is 9.67. The zero-order chi connectivity index (χ0) is 26.8. The molecule has 1 unspecified atom stereocenters. The molecule has 1 fully saturated rings. The molecule has 11 heteroatoms. The highest BCUT2D eigenvalue weighted by Crippen LogP contribution is 2.47. The average Bonchev–Trinajstić information content (AvgIpc) is 3.06. The highest BCUT2D eigenvalue weighted by molar-refractivity contribution is 6.31. The van der Waals surface area contributed by atoms with E-state index >= 15 is 8.78 Å². The van der Waals surface area contributed by atoms with E-state index in [0.717, 1.165) is 6.08 Å². The summed E-state index contributed by atoms with van der Waals surface area (Å²) in [7, 11) is 0. The first kappa shape index (κ1) is 28.8. The Morgan fingerprint density at radius 1 is 1.31 bits per heavy atom. The van der Waals surface area contributed by atoms with Gasteiger partial charge in [-0.05, 0) is 36.0 Å². The number of nitrogens with two attached hydrogens (primary N) is 1. The number of hydrogen-bond acceptors (Lipinski definition) is 6. The van der Waals surface area contributed by atoms with E-state index in [1.807, 2.05) is 20.8 Å². The van der Waals surface area contributed by atoms with E-state index in [2.05, 4.69) is 16.0 Å². The SMILES string of the molecule is CC(C)(C)C[C@@H]1N[C@@H](C(=O)NCC[C@H](O)CO)[C@H](c2cccc(Cl)c2F)[C@@]1(N)C1NC=C(Cl)C=C1F. The Morgan fingerprint density at radius 3 is 2.61 bits per heavy atom. The van der Waals surface area contributed by atoms with Crippen LogP contribution in [0.5, 0.6) is 0 Å². The monoisotopic (exact) mass is 546 g/mol. The van der Waals surface area contributed by atoms with E-state index in [-0.39, 0.29) is 34.0 Å². The molecule has 0 saturated carbocycles. The maximum absolute atomic E-state index is 15.5. The first-order chi connectivity index (χ1) is 16.8. The van der Waals surface area contributed by atoms with Gasteiger partial charge in [-0.25, -0.2) is 8.78 Å². The summed E-state index contributed by atoms with van der Waals surface area (Å²) in [5.41, 5.74) is 5.38. The van der Waals surface area contributed by atoms with Gasteiger partial charge in [-0.2, -0.15) is 0 Å². The fourth-order valence-corrected chi connectivity index (χ4v) is 5.42. The molecule has 7 nitrogen and oxygen atoms in total. The molecule has 6 atom stereocenters. The van der Waals surface area contributed by atoms with Crippen LogP contribution in [-0.4, -0.2) is 59.0 Å². The Morgan fingerprint density at radius 2 is 2.00 bits per heavy atom. The van der Waals surface area contributed by atoms with Gasteiger partial charge in [0.05, 0.1) is 40.4 Å². The van der Waals surface area contributed by atoms with E-state index in [1.54, 1.807) is 6.07 Å². The third-order valence-corrected chi connectivity index (χ3v) is 7.21. The van der Waals surface area contributed by atoms with E-state index < -0.39 is 59.8 Å². The number of aliphatic hydroxyl groups is 2. The van der Waals surface area contributed by atoms with E-state index in [1.165, 1.54) is 18.3 Å². The van der Waals surface area contributed by atoms with Gasteiger partial charge >= 0.3 is 0 Å². The summed E-state index contributed by atoms with van der Waals surface area (Å²) in [6.45, 7) is 5.60. The third kappa shape index (κ3) is 6.03. The summed E-state index contributed by atoms with van der Waals surface area (Å²) in [5.74, 6) is -2.90. The van der Waals surface area contributed by atoms with E-state index in [4.69, 9.17) is 34.0 Å². The number of aliphatic hydroxyl groups excluding tert-OH is 2. The Hall–Kier alpha value is -1.75. The third-order valence-electron chi connectivity index (χ3n) is 6.70. The second kappa shape index (κ2) is 11.3. The molecule has 0 radical (unpaired) electrons. The van der Waals surface area contributed by atoms with Gasteiger partial charge in [0.1, 0.15) is 11.6 Å². The number of dihydropyridines is 1. The van der Waals surface area contributed by atoms with Gasteiger partial charge in [-0.15, -0.1) is 0 Å². The number of rotatable bonds is 8. The minimum atomic E-state index is -1.53. The first-order valence-corrected chi connectivity index (χ1v) is 12.6. The molecule has 7 N–H and O–H groups in total. The minimum Gasteiger partial charge on any atom is -0.394 e. The summed E-state index contributed by atoms with van der Waals surface area (Å²) < 4.78 is 30.9. The fraction of sp³-hybridized carbons (Fsp3) is 0.560. The summed E-state index contributed by atoms with van der Waals surface area (Å²) in [6, 6.07) is 1.66. The van der Waals surface area contributed by atoms with Crippen LogP contribution in [0.25, 0.3) is 0 Å². The quantitative estimate of drug-likeness (QED) is 0.298. The van der Waals surface area contributed by atoms with Crippen LogP contribution in [0.1, 0.15) is 45.1 Å². The zero-order valence-electron chi connectivity index (χ0n) is 20.5. The molecular formula is C25H34Cl2F2N4O3. The predicted molar refractivity (Wildman–Crippen MR) is 137 cm³/mol. The second-order valence-electron chi connectivity index (χ2n) is 10.7. The van der Waals surface area contributed by atoms with Crippen molar-refractivity contribution in [2.24, 2.45) is 11.1 Å². The van der Waals surface area contributed by atoms with Crippen molar-refractivity contribution >= 4 is 29.1 Å². The van der Waals surface area contributed by atoms with Gasteiger partial charge in [0, 0.05) is 24.7 Å². The molecule has 2 aliphatic rings. The van der Waals surface area contributed by atoms with Crippen LogP contribution in [0.15, 0.2) is 41.3 Å². The number of hydrogen-bond donors (Lipinski definition) is 6. The van der Waals surface area contributed by atoms with Crippen LogP contribution in [-0.2, 0) is 4.79 Å². The van der Waals surface area contributed by atoms with Gasteiger partial charge in [0.2, 0.25) is 5.91 Å². The van der Waals surface area contributed by atoms with Crippen molar-refractivity contribution in [2.45, 2.75) is 69.3 Å². The molecule has 200 valence electrons. The molecule has 1 aromatic rings. The molecule has 1 amide bonds. The molecule has 1 aromatic carbocycles. The Bertz CT molecular complexity index is 1030. The van der Waals surface area contributed by atoms with E-state index in [9.17, 15) is 9.90 Å². The number of carbonyl (C=O) groups excluding carboxylic acids is 1. The van der Waals surface area contributed by atoms with Crippen LogP contribution in [0.2, 0.25) is 5.02 Å². The molecule has 2 aliphatic heterocycles. The number of halogens is 4. The van der Waals surface area contributed by atoms with Crippen LogP contribution >= 0.6 is 23.2 Å². The number of allylic oxidation sites excluding steroid dienone is 2. The standard InChI is InChI=1S/C25H34Cl2F2N4O3/c1-24(2,3)10-18-25(30,22-17(28)9-13(26)11-32-22)19(15-5-4-6-16(27)20(15)29)21(33-18)23(36)31-8-7-14(35)12-34/h4-6,9,11,14,18-19,21-22,32-35H,7-8,10,12,30H2,1-3H3,(H,31,36)/t14-,18-,19-,21+,22?,25+/m0/s1. The van der Waals surface area contributed by atoms with Crippen LogP contribution in [0.4, 0.5) is 8.78 Å². The predicted octanol–water partition coefficient (Wildman–Crippen LogP) is 2.80. The molecule has 2 heterocycles. The second-order valence-corrected chi connectivity index (χ2v) is 11.5. The summed E-state index contributed by atoms with van der Waals surface area (Å²) in [4.78, 5) is 13.4. The zero-order valence-corrected chi connectivity index (χ0v) is 22.0. The van der Waals surface area contributed by atoms with Gasteiger partial charge < -0.3 is 31.9 Å². The molecule has 0 bridgehead atoms. The van der Waals surface area contributed by atoms with Gasteiger partial charge in [-0.3, -0.25) is 4.79 Å². The normalized spacial score (nSPS) is 29.3. The Labute approximate surface area is 220 Å². The van der Waals surface area contributed by atoms with Gasteiger partial charge in [0.25, 0.3) is 0 Å². The maximum Gasteiger partial charge on any atom is 0.237 e. The topological polar surface area (TPSA) is 120 Å². The van der Waals surface area contributed by atoms with Crippen molar-refractivity contribution in [2.75, 3.05) is 13.2 Å². The Kier molecular flexibility index (Phi) is 9.07. The highest BCUT2D eigenvalue weighted by Gasteiger charge is 2.61. The van der Waals surface area contributed by atoms with Gasteiger partial charge in [-0.1, -0.05) is 56.1 Å². The number of carbonyl (C=O) groups is 1. The molecule has 0 aliphatic carbocycles.